The molecule has 2 amide bonds. The normalized spacial score (nSPS) is 24.7. The fourth-order valence-electron chi connectivity index (χ4n) is 1.50. The molecular formula is C9H12N2O4. The van der Waals surface area contributed by atoms with Gasteiger partial charge in [0.1, 0.15) is 6.04 Å². The lowest BCUT2D eigenvalue weighted by Gasteiger charge is -2.20. The maximum absolute atomic E-state index is 11.4. The Balaban J connectivity index is 2.63. The number of carboxylic acid groups (broad SMARTS) is 1. The summed E-state index contributed by atoms with van der Waals surface area (Å²) in [4.78, 5) is 23.2. The van der Waals surface area contributed by atoms with Gasteiger partial charge >= 0.3 is 12.0 Å². The van der Waals surface area contributed by atoms with Crippen LogP contribution >= 0.6 is 0 Å². The first-order valence-corrected chi connectivity index (χ1v) is 4.45. The van der Waals surface area contributed by atoms with Crippen molar-refractivity contribution in [2.24, 2.45) is 0 Å². The van der Waals surface area contributed by atoms with Gasteiger partial charge in [-0.05, 0) is 0 Å². The lowest BCUT2D eigenvalue weighted by atomic mass is 10.2. The maximum Gasteiger partial charge on any atom is 0.326 e. The molecule has 1 saturated heterocycles. The van der Waals surface area contributed by atoms with Crippen LogP contribution in [0.1, 0.15) is 6.42 Å². The molecular weight excluding hydrogens is 200 g/mol. The molecule has 1 heterocycles. The molecule has 0 aromatic rings. The van der Waals surface area contributed by atoms with E-state index in [4.69, 9.17) is 11.5 Å². The van der Waals surface area contributed by atoms with Crippen molar-refractivity contribution in [1.82, 2.24) is 10.2 Å². The molecule has 1 fully saturated rings. The number of carbonyl (C=O) groups is 2. The Morgan fingerprint density at radius 1 is 1.60 bits per heavy atom. The molecule has 82 valence electrons. The summed E-state index contributed by atoms with van der Waals surface area (Å²) in [6.07, 6.45) is 4.21. The second-order valence-electron chi connectivity index (χ2n) is 3.26. The number of hydrogen-bond donors (Lipinski definition) is 3. The van der Waals surface area contributed by atoms with Crippen LogP contribution in [0.25, 0.3) is 0 Å². The van der Waals surface area contributed by atoms with E-state index in [1.807, 2.05) is 0 Å². The van der Waals surface area contributed by atoms with E-state index in [9.17, 15) is 14.7 Å². The van der Waals surface area contributed by atoms with Gasteiger partial charge in [0.2, 0.25) is 0 Å². The average Bonchev–Trinajstić information content (AvgIpc) is 2.57. The third kappa shape index (κ3) is 2.60. The molecule has 6 nitrogen and oxygen atoms in total. The predicted molar refractivity (Wildman–Crippen MR) is 51.0 cm³/mol. The summed E-state index contributed by atoms with van der Waals surface area (Å²) in [5, 5.41) is 20.4. The number of likely N-dealkylation sites (tertiary alicyclic amines) is 1. The molecule has 0 bridgehead atoms. The minimum Gasteiger partial charge on any atom is -0.480 e. The largest absolute Gasteiger partial charge is 0.480 e. The number of hydrogen-bond acceptors (Lipinski definition) is 3. The fourth-order valence-corrected chi connectivity index (χ4v) is 1.50. The van der Waals surface area contributed by atoms with Gasteiger partial charge in [0.15, 0.2) is 0 Å². The molecule has 0 saturated carbocycles. The monoisotopic (exact) mass is 212 g/mol. The Bertz CT molecular complexity index is 310. The van der Waals surface area contributed by atoms with Crippen LogP contribution < -0.4 is 5.32 Å². The number of amides is 2. The van der Waals surface area contributed by atoms with E-state index in [2.05, 4.69) is 11.2 Å². The second-order valence-corrected chi connectivity index (χ2v) is 3.26. The minimum atomic E-state index is -1.12. The maximum atomic E-state index is 11.4. The molecule has 2 unspecified atom stereocenters. The van der Waals surface area contributed by atoms with Crippen LogP contribution in [-0.4, -0.2) is 52.3 Å². The Labute approximate surface area is 86.9 Å². The highest BCUT2D eigenvalue weighted by Gasteiger charge is 2.38. The van der Waals surface area contributed by atoms with Crippen molar-refractivity contribution in [1.29, 1.82) is 0 Å². The number of aliphatic hydroxyl groups excluding tert-OH is 1. The van der Waals surface area contributed by atoms with Gasteiger partial charge in [-0.2, -0.15) is 0 Å². The molecule has 3 N–H and O–H groups in total. The van der Waals surface area contributed by atoms with E-state index in [0.29, 0.717) is 0 Å². The van der Waals surface area contributed by atoms with Gasteiger partial charge in [-0.1, -0.05) is 5.92 Å². The zero-order valence-corrected chi connectivity index (χ0v) is 8.01. The van der Waals surface area contributed by atoms with Crippen molar-refractivity contribution >= 4 is 12.0 Å². The quantitative estimate of drug-likeness (QED) is 0.504. The van der Waals surface area contributed by atoms with Gasteiger partial charge in [-0.15, -0.1) is 6.42 Å². The molecule has 0 aromatic heterocycles. The van der Waals surface area contributed by atoms with Crippen molar-refractivity contribution < 1.29 is 19.8 Å². The van der Waals surface area contributed by atoms with Crippen LogP contribution in [0.5, 0.6) is 0 Å². The molecule has 1 aliphatic heterocycles. The molecule has 6 heteroatoms. The number of carboxylic acids is 1. The number of terminal acetylenes is 1. The van der Waals surface area contributed by atoms with Gasteiger partial charge < -0.3 is 20.4 Å². The molecule has 0 aromatic carbocycles. The summed E-state index contributed by atoms with van der Waals surface area (Å²) >= 11 is 0. The molecule has 0 spiro atoms. The van der Waals surface area contributed by atoms with Crippen molar-refractivity contribution in [2.75, 3.05) is 13.1 Å². The smallest absolute Gasteiger partial charge is 0.326 e. The third-order valence-electron chi connectivity index (χ3n) is 2.17. The van der Waals surface area contributed by atoms with Crippen molar-refractivity contribution in [3.05, 3.63) is 0 Å². The zero-order valence-electron chi connectivity index (χ0n) is 8.01. The van der Waals surface area contributed by atoms with Crippen LogP contribution in [0, 0.1) is 12.3 Å². The van der Waals surface area contributed by atoms with E-state index in [1.165, 1.54) is 0 Å². The topological polar surface area (TPSA) is 89.9 Å². The first-order chi connectivity index (χ1) is 7.06. The molecule has 1 aliphatic rings. The van der Waals surface area contributed by atoms with Gasteiger partial charge in [0, 0.05) is 13.0 Å². The SMILES string of the molecule is C#CCNC(=O)N1CC(O)CC1C(=O)O. The number of rotatable bonds is 2. The lowest BCUT2D eigenvalue weighted by Crippen LogP contribution is -2.46. The highest BCUT2D eigenvalue weighted by molar-refractivity contribution is 5.83. The Kier molecular flexibility index (Phi) is 3.52. The molecule has 1 rings (SSSR count). The summed E-state index contributed by atoms with van der Waals surface area (Å²) in [7, 11) is 0. The first-order valence-electron chi connectivity index (χ1n) is 4.45. The number of aliphatic carboxylic acids is 1. The van der Waals surface area contributed by atoms with E-state index in [0.717, 1.165) is 4.90 Å². The van der Waals surface area contributed by atoms with Crippen LogP contribution in [0.2, 0.25) is 0 Å². The van der Waals surface area contributed by atoms with Crippen LogP contribution in [0.3, 0.4) is 0 Å². The van der Waals surface area contributed by atoms with E-state index >= 15 is 0 Å². The predicted octanol–water partition coefficient (Wildman–Crippen LogP) is -1.15. The average molecular weight is 212 g/mol. The fraction of sp³-hybridized carbons (Fsp3) is 0.556. The molecule has 0 radical (unpaired) electrons. The number of aliphatic hydroxyl groups is 1. The van der Waals surface area contributed by atoms with Gasteiger partial charge in [0.05, 0.1) is 12.6 Å². The first kappa shape index (κ1) is 11.3. The number of nitrogens with zero attached hydrogens (tertiary/aromatic N) is 1. The van der Waals surface area contributed by atoms with E-state index in [-0.39, 0.29) is 19.5 Å². The summed E-state index contributed by atoms with van der Waals surface area (Å²) in [5.41, 5.74) is 0. The minimum absolute atomic E-state index is 0.0212. The standard InChI is InChI=1S/C9H12N2O4/c1-2-3-10-9(15)11-5-6(12)4-7(11)8(13)14/h1,6-7,12H,3-5H2,(H,10,15)(H,13,14). The van der Waals surface area contributed by atoms with E-state index in [1.54, 1.807) is 0 Å². The Morgan fingerprint density at radius 2 is 2.27 bits per heavy atom. The van der Waals surface area contributed by atoms with Gasteiger partial charge in [-0.3, -0.25) is 0 Å². The highest BCUT2D eigenvalue weighted by Crippen LogP contribution is 2.17. The second kappa shape index (κ2) is 4.66. The van der Waals surface area contributed by atoms with E-state index < -0.39 is 24.1 Å². The van der Waals surface area contributed by atoms with Crippen LogP contribution in [0.15, 0.2) is 0 Å². The molecule has 0 aliphatic carbocycles. The molecule has 15 heavy (non-hydrogen) atoms. The summed E-state index contributed by atoms with van der Waals surface area (Å²) in [6.45, 7) is 0.0607. The van der Waals surface area contributed by atoms with Crippen molar-refractivity contribution in [3.8, 4) is 12.3 Å². The Hall–Kier alpha value is -1.74. The zero-order chi connectivity index (χ0) is 11.4. The summed E-state index contributed by atoms with van der Waals surface area (Å²) in [6, 6.07) is -1.53. The van der Waals surface area contributed by atoms with Gasteiger partial charge in [-0.25, -0.2) is 9.59 Å². The molecule has 2 atom stereocenters. The van der Waals surface area contributed by atoms with Crippen molar-refractivity contribution in [2.45, 2.75) is 18.6 Å². The van der Waals surface area contributed by atoms with Gasteiger partial charge in [0.25, 0.3) is 0 Å². The summed E-state index contributed by atoms with van der Waals surface area (Å²) in [5.74, 6) is 1.09. The summed E-state index contributed by atoms with van der Waals surface area (Å²) < 4.78 is 0. The Morgan fingerprint density at radius 3 is 2.80 bits per heavy atom. The van der Waals surface area contributed by atoms with Crippen molar-refractivity contribution in [3.63, 3.8) is 0 Å². The third-order valence-corrected chi connectivity index (χ3v) is 2.17. The lowest BCUT2D eigenvalue weighted by molar-refractivity contribution is -0.141. The van der Waals surface area contributed by atoms with Crippen LogP contribution in [0.4, 0.5) is 4.79 Å². The highest BCUT2D eigenvalue weighted by atomic mass is 16.4. The number of β-amino-alcohol motifs (C(OH)–C–C–N with tert-alkyl or cyclic N) is 1. The van der Waals surface area contributed by atoms with Crippen LogP contribution in [-0.2, 0) is 4.79 Å². The number of nitrogens with one attached hydrogen (secondary N) is 1. The number of carbonyl (C=O) groups excluding carboxylic acids is 1. The number of urea groups is 1.